The van der Waals surface area contributed by atoms with Gasteiger partial charge in [-0.1, -0.05) is 72.8 Å². The Morgan fingerprint density at radius 3 is 2.12 bits per heavy atom. The maximum absolute atomic E-state index is 12.0. The lowest BCUT2D eigenvalue weighted by atomic mass is 9.99. The van der Waals surface area contributed by atoms with Gasteiger partial charge in [-0.05, 0) is 28.3 Å². The Labute approximate surface area is 152 Å². The highest BCUT2D eigenvalue weighted by Gasteiger charge is 2.10. The third-order valence-electron chi connectivity index (χ3n) is 4.12. The van der Waals surface area contributed by atoms with Crippen molar-refractivity contribution in [2.24, 2.45) is 0 Å². The lowest BCUT2D eigenvalue weighted by Gasteiger charge is -2.09. The van der Waals surface area contributed by atoms with Crippen molar-refractivity contribution in [1.82, 2.24) is 5.32 Å². The molecule has 0 aliphatic carbocycles. The molecule has 3 aromatic rings. The minimum atomic E-state index is -0.946. The first-order valence-corrected chi connectivity index (χ1v) is 8.36. The number of nitrogens with one attached hydrogen (secondary N) is 1. The van der Waals surface area contributed by atoms with Gasteiger partial charge in [-0.2, -0.15) is 0 Å². The quantitative estimate of drug-likeness (QED) is 0.712. The Hall–Kier alpha value is -3.40. The smallest absolute Gasteiger partial charge is 0.336 e. The molecule has 0 spiro atoms. The Kier molecular flexibility index (Phi) is 5.44. The lowest BCUT2D eigenvalue weighted by Crippen LogP contribution is -2.24. The monoisotopic (exact) mass is 345 g/mol. The van der Waals surface area contributed by atoms with Crippen LogP contribution in [0.3, 0.4) is 0 Å². The summed E-state index contributed by atoms with van der Waals surface area (Å²) in [6.07, 6.45) is 0.352. The number of carboxylic acid groups (broad SMARTS) is 1. The molecule has 0 unspecified atom stereocenters. The third kappa shape index (κ3) is 4.36. The average Bonchev–Trinajstić information content (AvgIpc) is 2.67. The number of benzene rings is 3. The van der Waals surface area contributed by atoms with Crippen molar-refractivity contribution in [3.05, 3.63) is 95.6 Å². The predicted molar refractivity (Wildman–Crippen MR) is 101 cm³/mol. The second kappa shape index (κ2) is 8.12. The highest BCUT2D eigenvalue weighted by molar-refractivity contribution is 5.96. The van der Waals surface area contributed by atoms with Gasteiger partial charge in [0.25, 0.3) is 0 Å². The van der Waals surface area contributed by atoms with E-state index in [4.69, 9.17) is 0 Å². The summed E-state index contributed by atoms with van der Waals surface area (Å²) >= 11 is 0. The van der Waals surface area contributed by atoms with Crippen LogP contribution in [0.1, 0.15) is 21.5 Å². The summed E-state index contributed by atoms with van der Waals surface area (Å²) in [4.78, 5) is 23.4. The van der Waals surface area contributed by atoms with E-state index >= 15 is 0 Å². The number of carboxylic acids is 1. The first-order chi connectivity index (χ1) is 12.6. The number of hydrogen-bond acceptors (Lipinski definition) is 2. The Morgan fingerprint density at radius 2 is 1.42 bits per heavy atom. The molecule has 0 saturated carbocycles. The first-order valence-electron chi connectivity index (χ1n) is 8.36. The van der Waals surface area contributed by atoms with Crippen LogP contribution in [-0.2, 0) is 17.8 Å². The van der Waals surface area contributed by atoms with Crippen molar-refractivity contribution in [3.8, 4) is 11.1 Å². The molecule has 0 saturated heterocycles. The Bertz CT molecular complexity index is 902. The second-order valence-electron chi connectivity index (χ2n) is 5.99. The number of amides is 1. The van der Waals surface area contributed by atoms with Crippen molar-refractivity contribution in [2.75, 3.05) is 0 Å². The van der Waals surface area contributed by atoms with Crippen molar-refractivity contribution < 1.29 is 14.7 Å². The van der Waals surface area contributed by atoms with Gasteiger partial charge in [0.1, 0.15) is 0 Å². The van der Waals surface area contributed by atoms with Crippen LogP contribution in [0.5, 0.6) is 0 Å². The maximum Gasteiger partial charge on any atom is 0.336 e. The molecule has 0 aromatic heterocycles. The van der Waals surface area contributed by atoms with Crippen LogP contribution >= 0.6 is 0 Å². The zero-order chi connectivity index (χ0) is 18.4. The zero-order valence-electron chi connectivity index (χ0n) is 14.2. The molecule has 130 valence electrons. The van der Waals surface area contributed by atoms with Gasteiger partial charge in [-0.25, -0.2) is 4.79 Å². The molecule has 4 nitrogen and oxygen atoms in total. The van der Waals surface area contributed by atoms with Crippen LogP contribution < -0.4 is 5.32 Å². The van der Waals surface area contributed by atoms with Gasteiger partial charge in [0, 0.05) is 6.54 Å². The summed E-state index contributed by atoms with van der Waals surface area (Å²) in [5.41, 5.74) is 3.73. The van der Waals surface area contributed by atoms with Gasteiger partial charge in [0.15, 0.2) is 0 Å². The molecule has 0 fully saturated rings. The van der Waals surface area contributed by atoms with E-state index in [1.165, 1.54) is 0 Å². The molecular weight excluding hydrogens is 326 g/mol. The van der Waals surface area contributed by atoms with Gasteiger partial charge >= 0.3 is 5.97 Å². The predicted octanol–water partition coefficient (Wildman–Crippen LogP) is 3.91. The largest absolute Gasteiger partial charge is 0.478 e. The summed E-state index contributed by atoms with van der Waals surface area (Å²) in [7, 11) is 0. The summed E-state index contributed by atoms with van der Waals surface area (Å²) in [5.74, 6) is -0.977. The van der Waals surface area contributed by atoms with Crippen LogP contribution in [-0.4, -0.2) is 17.0 Å². The van der Waals surface area contributed by atoms with E-state index in [1.807, 2.05) is 60.7 Å². The number of carbonyl (C=O) groups is 2. The fourth-order valence-electron chi connectivity index (χ4n) is 2.77. The van der Waals surface area contributed by atoms with Crippen LogP contribution in [0, 0.1) is 0 Å². The molecule has 1 amide bonds. The van der Waals surface area contributed by atoms with Gasteiger partial charge in [0.05, 0.1) is 12.0 Å². The van der Waals surface area contributed by atoms with E-state index in [0.29, 0.717) is 18.5 Å². The van der Waals surface area contributed by atoms with Gasteiger partial charge in [-0.3, -0.25) is 4.79 Å². The summed E-state index contributed by atoms with van der Waals surface area (Å²) < 4.78 is 0. The third-order valence-corrected chi connectivity index (χ3v) is 4.12. The molecular formula is C22H19NO3. The second-order valence-corrected chi connectivity index (χ2v) is 5.99. The van der Waals surface area contributed by atoms with Crippen molar-refractivity contribution in [1.29, 1.82) is 0 Å². The highest BCUT2D eigenvalue weighted by atomic mass is 16.4. The molecule has 3 rings (SSSR count). The minimum absolute atomic E-state index is 0.0310. The summed E-state index contributed by atoms with van der Waals surface area (Å²) in [6, 6.07) is 24.1. The van der Waals surface area contributed by atoms with Crippen LogP contribution in [0.25, 0.3) is 11.1 Å². The number of carbonyl (C=O) groups excluding carboxylic acids is 1. The first kappa shape index (κ1) is 17.4. The minimum Gasteiger partial charge on any atom is -0.478 e. The molecule has 0 aliphatic heterocycles. The van der Waals surface area contributed by atoms with E-state index in [-0.39, 0.29) is 11.5 Å². The van der Waals surface area contributed by atoms with Crippen molar-refractivity contribution in [2.45, 2.75) is 13.0 Å². The molecule has 0 heterocycles. The Morgan fingerprint density at radius 1 is 0.769 bits per heavy atom. The van der Waals surface area contributed by atoms with E-state index in [2.05, 4.69) is 5.32 Å². The molecule has 0 aliphatic rings. The van der Waals surface area contributed by atoms with Crippen molar-refractivity contribution in [3.63, 3.8) is 0 Å². The SMILES string of the molecule is O=C(Cc1ccccc1)NCc1ccc(-c2ccccc2C(=O)O)cc1. The van der Waals surface area contributed by atoms with E-state index < -0.39 is 5.97 Å². The number of rotatable bonds is 6. The lowest BCUT2D eigenvalue weighted by molar-refractivity contribution is -0.120. The maximum atomic E-state index is 12.0. The Balaban J connectivity index is 1.63. The fraction of sp³-hybridized carbons (Fsp3) is 0.0909. The highest BCUT2D eigenvalue weighted by Crippen LogP contribution is 2.24. The van der Waals surface area contributed by atoms with Crippen LogP contribution in [0.15, 0.2) is 78.9 Å². The topological polar surface area (TPSA) is 66.4 Å². The molecule has 0 radical (unpaired) electrons. The van der Waals surface area contributed by atoms with Gasteiger partial charge in [0.2, 0.25) is 5.91 Å². The molecule has 2 N–H and O–H groups in total. The van der Waals surface area contributed by atoms with Gasteiger partial charge < -0.3 is 10.4 Å². The molecule has 0 bridgehead atoms. The molecule has 4 heteroatoms. The molecule has 26 heavy (non-hydrogen) atoms. The number of hydrogen-bond donors (Lipinski definition) is 2. The molecule has 0 atom stereocenters. The normalized spacial score (nSPS) is 10.3. The van der Waals surface area contributed by atoms with E-state index in [1.54, 1.807) is 18.2 Å². The fourth-order valence-corrected chi connectivity index (χ4v) is 2.77. The van der Waals surface area contributed by atoms with Crippen molar-refractivity contribution >= 4 is 11.9 Å². The average molecular weight is 345 g/mol. The number of aromatic carboxylic acids is 1. The van der Waals surface area contributed by atoms with Crippen LogP contribution in [0.4, 0.5) is 0 Å². The van der Waals surface area contributed by atoms with E-state index in [0.717, 1.165) is 16.7 Å². The standard InChI is InChI=1S/C22H19NO3/c24-21(14-16-6-2-1-3-7-16)23-15-17-10-12-18(13-11-17)19-8-4-5-9-20(19)22(25)26/h1-13H,14-15H2,(H,23,24)(H,25,26). The summed E-state index contributed by atoms with van der Waals surface area (Å²) in [6.45, 7) is 0.437. The van der Waals surface area contributed by atoms with Gasteiger partial charge in [-0.15, -0.1) is 0 Å². The summed E-state index contributed by atoms with van der Waals surface area (Å²) in [5, 5.41) is 12.2. The molecule has 3 aromatic carbocycles. The zero-order valence-corrected chi connectivity index (χ0v) is 14.2. The van der Waals surface area contributed by atoms with E-state index in [9.17, 15) is 14.7 Å². The van der Waals surface area contributed by atoms with Crippen LogP contribution in [0.2, 0.25) is 0 Å².